The monoisotopic (exact) mass is 355 g/mol. The molecule has 4 aromatic rings. The van der Waals surface area contributed by atoms with Crippen molar-refractivity contribution in [3.8, 4) is 0 Å². The van der Waals surface area contributed by atoms with Crippen molar-refractivity contribution in [3.63, 3.8) is 0 Å². The largest absolute Gasteiger partial charge is 0.346 e. The van der Waals surface area contributed by atoms with E-state index in [0.717, 1.165) is 29.3 Å². The van der Waals surface area contributed by atoms with Crippen molar-refractivity contribution >= 4 is 27.6 Å². The quantitative estimate of drug-likeness (QED) is 0.539. The number of rotatable bonds is 4. The molecule has 1 fully saturated rings. The molecule has 5 rings (SSSR count). The van der Waals surface area contributed by atoms with Gasteiger partial charge in [-0.2, -0.15) is 0 Å². The molecule has 2 aromatic heterocycles. The van der Waals surface area contributed by atoms with Crippen LogP contribution in [-0.2, 0) is 13.6 Å². The van der Waals surface area contributed by atoms with Gasteiger partial charge in [0.25, 0.3) is 5.91 Å². The zero-order valence-electron chi connectivity index (χ0n) is 15.3. The molecule has 1 saturated carbocycles. The van der Waals surface area contributed by atoms with Gasteiger partial charge in [-0.05, 0) is 41.8 Å². The zero-order valence-corrected chi connectivity index (χ0v) is 15.3. The van der Waals surface area contributed by atoms with Crippen molar-refractivity contribution < 1.29 is 4.79 Å². The van der Waals surface area contributed by atoms with Crippen LogP contribution in [0.15, 0.2) is 66.9 Å². The first-order valence-electron chi connectivity index (χ1n) is 9.40. The fraction of sp³-hybridized carbons (Fsp3) is 0.217. The van der Waals surface area contributed by atoms with Gasteiger partial charge in [-0.1, -0.05) is 42.5 Å². The molecule has 0 N–H and O–H groups in total. The summed E-state index contributed by atoms with van der Waals surface area (Å²) in [4.78, 5) is 19.9. The maximum atomic E-state index is 13.4. The van der Waals surface area contributed by atoms with Crippen LogP contribution < -0.4 is 0 Å². The van der Waals surface area contributed by atoms with Crippen molar-refractivity contribution in [3.05, 3.63) is 78.2 Å². The fourth-order valence-corrected chi connectivity index (χ4v) is 3.85. The predicted octanol–water partition coefficient (Wildman–Crippen LogP) is 4.53. The number of carbonyl (C=O) groups excluding carboxylic acids is 1. The second kappa shape index (κ2) is 6.23. The number of fused-ring (bicyclic) bond motifs is 2. The van der Waals surface area contributed by atoms with Crippen LogP contribution in [0.5, 0.6) is 0 Å². The van der Waals surface area contributed by atoms with Gasteiger partial charge in [0.2, 0.25) is 0 Å². The molecule has 0 saturated heterocycles. The molecule has 1 aliphatic rings. The second-order valence-corrected chi connectivity index (χ2v) is 7.30. The molecule has 2 aromatic carbocycles. The minimum atomic E-state index is 0.0274. The topological polar surface area (TPSA) is 38.1 Å². The van der Waals surface area contributed by atoms with Gasteiger partial charge in [0.1, 0.15) is 5.69 Å². The molecule has 1 aliphatic carbocycles. The van der Waals surface area contributed by atoms with Crippen LogP contribution in [0.1, 0.15) is 29.0 Å². The van der Waals surface area contributed by atoms with E-state index in [2.05, 4.69) is 46.9 Å². The van der Waals surface area contributed by atoms with Gasteiger partial charge < -0.3 is 9.47 Å². The average molecular weight is 355 g/mol. The van der Waals surface area contributed by atoms with Gasteiger partial charge in [-0.25, -0.2) is 0 Å². The lowest BCUT2D eigenvalue weighted by molar-refractivity contribution is 0.0723. The second-order valence-electron chi connectivity index (χ2n) is 7.30. The molecule has 134 valence electrons. The van der Waals surface area contributed by atoms with Gasteiger partial charge in [0.05, 0.1) is 6.54 Å². The van der Waals surface area contributed by atoms with Crippen molar-refractivity contribution in [1.29, 1.82) is 0 Å². The van der Waals surface area contributed by atoms with E-state index >= 15 is 0 Å². The third-order valence-corrected chi connectivity index (χ3v) is 5.51. The summed E-state index contributed by atoms with van der Waals surface area (Å²) in [6, 6.07) is 20.8. The van der Waals surface area contributed by atoms with Crippen LogP contribution in [0, 0.1) is 0 Å². The highest BCUT2D eigenvalue weighted by Crippen LogP contribution is 2.31. The summed E-state index contributed by atoms with van der Waals surface area (Å²) >= 11 is 0. The Hall–Kier alpha value is -3.14. The molecule has 0 aliphatic heterocycles. The summed E-state index contributed by atoms with van der Waals surface area (Å²) in [6.45, 7) is 0.611. The number of aromatic nitrogens is 2. The number of para-hydroxylation sites is 1. The highest BCUT2D eigenvalue weighted by atomic mass is 16.2. The summed E-state index contributed by atoms with van der Waals surface area (Å²) in [5.41, 5.74) is 2.90. The first-order valence-corrected chi connectivity index (χ1v) is 9.40. The first kappa shape index (κ1) is 16.1. The number of aryl methyl sites for hydroxylation is 1. The molecule has 4 nitrogen and oxygen atoms in total. The molecule has 0 unspecified atom stereocenters. The SMILES string of the molecule is Cn1c(CN(C(=O)c2nccc3ccccc23)C2CC2)cc2ccccc21. The van der Waals surface area contributed by atoms with E-state index in [1.807, 2.05) is 35.2 Å². The normalized spacial score (nSPS) is 14.0. The van der Waals surface area contributed by atoms with Gasteiger partial charge in [0.15, 0.2) is 0 Å². The van der Waals surface area contributed by atoms with Crippen LogP contribution in [0.3, 0.4) is 0 Å². The Morgan fingerprint density at radius 1 is 1.07 bits per heavy atom. The van der Waals surface area contributed by atoms with Crippen molar-refractivity contribution in [2.75, 3.05) is 0 Å². The van der Waals surface area contributed by atoms with Crippen LogP contribution in [0.25, 0.3) is 21.7 Å². The molecule has 0 atom stereocenters. The Morgan fingerprint density at radius 3 is 2.59 bits per heavy atom. The summed E-state index contributed by atoms with van der Waals surface area (Å²) < 4.78 is 2.19. The Kier molecular flexibility index (Phi) is 3.71. The molecule has 2 heterocycles. The van der Waals surface area contributed by atoms with Gasteiger partial charge in [-0.15, -0.1) is 0 Å². The standard InChI is InChI=1S/C23H21N3O/c1-25-19(14-17-7-3-5-9-21(17)25)15-26(18-10-11-18)23(27)22-20-8-4-2-6-16(20)12-13-24-22/h2-9,12-14,18H,10-11,15H2,1H3. The predicted molar refractivity (Wildman–Crippen MR) is 108 cm³/mol. The smallest absolute Gasteiger partial charge is 0.273 e. The third kappa shape index (κ3) is 2.78. The van der Waals surface area contributed by atoms with Crippen molar-refractivity contribution in [2.24, 2.45) is 7.05 Å². The van der Waals surface area contributed by atoms with E-state index in [4.69, 9.17) is 0 Å². The van der Waals surface area contributed by atoms with Crippen molar-refractivity contribution in [2.45, 2.75) is 25.4 Å². The molecule has 0 radical (unpaired) electrons. The number of nitrogens with zero attached hydrogens (tertiary/aromatic N) is 3. The van der Waals surface area contributed by atoms with Crippen LogP contribution >= 0.6 is 0 Å². The van der Waals surface area contributed by atoms with Crippen LogP contribution in [0.4, 0.5) is 0 Å². The summed E-state index contributed by atoms with van der Waals surface area (Å²) in [5, 5.41) is 3.19. The van der Waals surface area contributed by atoms with Crippen LogP contribution in [0.2, 0.25) is 0 Å². The molecule has 1 amide bonds. The number of amides is 1. The fourth-order valence-electron chi connectivity index (χ4n) is 3.85. The van der Waals surface area contributed by atoms with Gasteiger partial charge in [0, 0.05) is 35.9 Å². The molecule has 4 heteroatoms. The zero-order chi connectivity index (χ0) is 18.4. The highest BCUT2D eigenvalue weighted by molar-refractivity contribution is 6.05. The first-order chi connectivity index (χ1) is 13.2. The van der Waals surface area contributed by atoms with Gasteiger partial charge in [-0.3, -0.25) is 9.78 Å². The molecular weight excluding hydrogens is 334 g/mol. The lowest BCUT2D eigenvalue weighted by Crippen LogP contribution is -2.34. The molecular formula is C23H21N3O. The minimum absolute atomic E-state index is 0.0274. The lowest BCUT2D eigenvalue weighted by Gasteiger charge is -2.23. The Bertz CT molecular complexity index is 1150. The average Bonchev–Trinajstić information content (AvgIpc) is 3.50. The Morgan fingerprint density at radius 2 is 1.81 bits per heavy atom. The Balaban J connectivity index is 1.54. The lowest BCUT2D eigenvalue weighted by atomic mass is 10.1. The summed E-state index contributed by atoms with van der Waals surface area (Å²) in [5.74, 6) is 0.0274. The highest BCUT2D eigenvalue weighted by Gasteiger charge is 2.34. The molecule has 0 bridgehead atoms. The van der Waals surface area contributed by atoms with Crippen LogP contribution in [-0.4, -0.2) is 26.4 Å². The number of hydrogen-bond acceptors (Lipinski definition) is 2. The summed E-state index contributed by atoms with van der Waals surface area (Å²) in [7, 11) is 2.07. The maximum Gasteiger partial charge on any atom is 0.273 e. The van der Waals surface area contributed by atoms with E-state index in [-0.39, 0.29) is 5.91 Å². The third-order valence-electron chi connectivity index (χ3n) is 5.51. The maximum absolute atomic E-state index is 13.4. The van der Waals surface area contributed by atoms with E-state index in [1.165, 1.54) is 10.9 Å². The molecule has 27 heavy (non-hydrogen) atoms. The number of pyridine rings is 1. The number of carbonyl (C=O) groups is 1. The van der Waals surface area contributed by atoms with E-state index < -0.39 is 0 Å². The van der Waals surface area contributed by atoms with E-state index in [1.54, 1.807) is 6.20 Å². The van der Waals surface area contributed by atoms with Crippen molar-refractivity contribution in [1.82, 2.24) is 14.5 Å². The number of hydrogen-bond donors (Lipinski definition) is 0. The molecule has 0 spiro atoms. The van der Waals surface area contributed by atoms with E-state index in [0.29, 0.717) is 18.3 Å². The number of benzene rings is 2. The Labute approximate surface area is 158 Å². The van der Waals surface area contributed by atoms with E-state index in [9.17, 15) is 4.79 Å². The minimum Gasteiger partial charge on any atom is -0.346 e. The van der Waals surface area contributed by atoms with Gasteiger partial charge >= 0.3 is 0 Å². The summed E-state index contributed by atoms with van der Waals surface area (Å²) in [6.07, 6.45) is 3.87.